The van der Waals surface area contributed by atoms with Crippen LogP contribution in [0.2, 0.25) is 0 Å². The number of benzene rings is 1. The second kappa shape index (κ2) is 5.47. The topological polar surface area (TPSA) is 41.1 Å². The molecule has 2 N–H and O–H groups in total. The molecular formula is C14H18ClFN2O. The first-order valence-corrected chi connectivity index (χ1v) is 6.44. The lowest BCUT2D eigenvalue weighted by Gasteiger charge is -2.27. The monoisotopic (exact) mass is 284 g/mol. The van der Waals surface area contributed by atoms with Crippen LogP contribution in [0.5, 0.6) is 0 Å². The van der Waals surface area contributed by atoms with Gasteiger partial charge in [0.25, 0.3) is 0 Å². The summed E-state index contributed by atoms with van der Waals surface area (Å²) in [5.74, 6) is 0.0651. The van der Waals surface area contributed by atoms with Gasteiger partial charge in [-0.15, -0.1) is 12.4 Å². The molecule has 3 nitrogen and oxygen atoms in total. The summed E-state index contributed by atoms with van der Waals surface area (Å²) in [4.78, 5) is 11.8. The lowest BCUT2D eigenvalue weighted by atomic mass is 9.95. The van der Waals surface area contributed by atoms with E-state index in [0.29, 0.717) is 6.54 Å². The molecule has 1 aromatic carbocycles. The predicted octanol–water partition coefficient (Wildman–Crippen LogP) is 1.61. The van der Waals surface area contributed by atoms with Gasteiger partial charge in [0.05, 0.1) is 5.92 Å². The van der Waals surface area contributed by atoms with E-state index in [1.165, 1.54) is 12.1 Å². The van der Waals surface area contributed by atoms with Crippen molar-refractivity contribution in [2.45, 2.75) is 18.3 Å². The van der Waals surface area contributed by atoms with Crippen LogP contribution in [0.15, 0.2) is 24.3 Å². The van der Waals surface area contributed by atoms with Crippen LogP contribution < -0.4 is 10.6 Å². The molecule has 0 radical (unpaired) electrons. The van der Waals surface area contributed by atoms with Gasteiger partial charge in [0.2, 0.25) is 5.91 Å². The molecule has 1 heterocycles. The third kappa shape index (κ3) is 2.90. The van der Waals surface area contributed by atoms with Gasteiger partial charge < -0.3 is 10.6 Å². The predicted molar refractivity (Wildman–Crippen MR) is 73.9 cm³/mol. The van der Waals surface area contributed by atoms with Gasteiger partial charge in [-0.25, -0.2) is 4.39 Å². The molecule has 0 unspecified atom stereocenters. The van der Waals surface area contributed by atoms with Crippen molar-refractivity contribution in [1.82, 2.24) is 10.6 Å². The molecule has 1 aromatic rings. The van der Waals surface area contributed by atoms with Crippen molar-refractivity contribution < 1.29 is 9.18 Å². The zero-order valence-electron chi connectivity index (χ0n) is 10.6. The van der Waals surface area contributed by atoms with Crippen molar-refractivity contribution in [3.05, 3.63) is 35.6 Å². The van der Waals surface area contributed by atoms with Crippen molar-refractivity contribution in [3.8, 4) is 0 Å². The van der Waals surface area contributed by atoms with E-state index in [1.807, 2.05) is 12.1 Å². The molecule has 1 saturated carbocycles. The SMILES string of the molecule is Cl.O=C(NCC1(c2ccc(F)cc2)CC1)C1CNC1. The molecule has 19 heavy (non-hydrogen) atoms. The number of hydrogen-bond donors (Lipinski definition) is 2. The summed E-state index contributed by atoms with van der Waals surface area (Å²) in [7, 11) is 0. The van der Waals surface area contributed by atoms with Crippen molar-refractivity contribution in [2.24, 2.45) is 5.92 Å². The fraction of sp³-hybridized carbons (Fsp3) is 0.500. The fourth-order valence-electron chi connectivity index (χ4n) is 2.40. The highest BCUT2D eigenvalue weighted by atomic mass is 35.5. The van der Waals surface area contributed by atoms with Crippen LogP contribution in [-0.4, -0.2) is 25.5 Å². The molecule has 2 fully saturated rings. The van der Waals surface area contributed by atoms with Crippen LogP contribution in [0.25, 0.3) is 0 Å². The van der Waals surface area contributed by atoms with Gasteiger partial charge in [-0.2, -0.15) is 0 Å². The molecule has 5 heteroatoms. The van der Waals surface area contributed by atoms with E-state index in [1.54, 1.807) is 0 Å². The minimum absolute atomic E-state index is 0. The summed E-state index contributed by atoms with van der Waals surface area (Å²) in [5.41, 5.74) is 1.19. The third-order valence-corrected chi connectivity index (χ3v) is 4.06. The minimum atomic E-state index is -0.209. The van der Waals surface area contributed by atoms with Gasteiger partial charge in [-0.3, -0.25) is 4.79 Å². The van der Waals surface area contributed by atoms with Gasteiger partial charge in [-0.1, -0.05) is 12.1 Å². The highest BCUT2D eigenvalue weighted by Crippen LogP contribution is 2.47. The Labute approximate surface area is 118 Å². The normalized spacial score (nSPS) is 20.1. The molecule has 1 aliphatic carbocycles. The van der Waals surface area contributed by atoms with Crippen molar-refractivity contribution in [1.29, 1.82) is 0 Å². The number of carbonyl (C=O) groups excluding carboxylic acids is 1. The summed E-state index contributed by atoms with van der Waals surface area (Å²) < 4.78 is 12.9. The minimum Gasteiger partial charge on any atom is -0.355 e. The molecule has 0 atom stereocenters. The summed E-state index contributed by atoms with van der Waals surface area (Å²) in [6, 6.07) is 6.65. The van der Waals surface area contributed by atoms with Gasteiger partial charge >= 0.3 is 0 Å². The van der Waals surface area contributed by atoms with Crippen molar-refractivity contribution in [3.63, 3.8) is 0 Å². The zero-order valence-corrected chi connectivity index (χ0v) is 11.4. The van der Waals surface area contributed by atoms with Crippen molar-refractivity contribution in [2.75, 3.05) is 19.6 Å². The van der Waals surface area contributed by atoms with E-state index in [4.69, 9.17) is 0 Å². The van der Waals surface area contributed by atoms with Crippen LogP contribution in [0.1, 0.15) is 18.4 Å². The second-order valence-corrected chi connectivity index (χ2v) is 5.36. The Bertz CT molecular complexity index is 455. The van der Waals surface area contributed by atoms with E-state index >= 15 is 0 Å². The van der Waals surface area contributed by atoms with Crippen LogP contribution in [-0.2, 0) is 10.2 Å². The lowest BCUT2D eigenvalue weighted by Crippen LogP contribution is -2.51. The van der Waals surface area contributed by atoms with Crippen LogP contribution in [0, 0.1) is 11.7 Å². The zero-order chi connectivity index (χ0) is 12.6. The first kappa shape index (κ1) is 14.3. The standard InChI is InChI=1S/C14H17FN2O.ClH/c15-12-3-1-11(2-4-12)14(5-6-14)9-17-13(18)10-7-16-8-10;/h1-4,10,16H,5-9H2,(H,17,18);1H. The smallest absolute Gasteiger partial charge is 0.225 e. The van der Waals surface area contributed by atoms with E-state index in [0.717, 1.165) is 31.5 Å². The van der Waals surface area contributed by atoms with E-state index in [-0.39, 0.29) is 35.5 Å². The Morgan fingerprint density at radius 2 is 1.95 bits per heavy atom. The first-order chi connectivity index (χ1) is 8.70. The van der Waals surface area contributed by atoms with Gasteiger partial charge in [0, 0.05) is 25.0 Å². The first-order valence-electron chi connectivity index (χ1n) is 6.44. The lowest BCUT2D eigenvalue weighted by molar-refractivity contribution is -0.126. The molecule has 3 rings (SSSR count). The summed E-state index contributed by atoms with van der Waals surface area (Å²) in [6.45, 7) is 2.25. The number of carbonyl (C=O) groups is 1. The molecular weight excluding hydrogens is 267 g/mol. The average molecular weight is 285 g/mol. The Kier molecular flexibility index (Phi) is 4.11. The maximum Gasteiger partial charge on any atom is 0.225 e. The Hall–Kier alpha value is -1.13. The maximum atomic E-state index is 12.9. The number of amides is 1. The van der Waals surface area contributed by atoms with Crippen LogP contribution in [0.4, 0.5) is 4.39 Å². The third-order valence-electron chi connectivity index (χ3n) is 4.06. The molecule has 1 amide bonds. The number of halogens is 2. The number of rotatable bonds is 4. The van der Waals surface area contributed by atoms with Gasteiger partial charge in [0.15, 0.2) is 0 Å². The molecule has 0 aromatic heterocycles. The molecule has 0 spiro atoms. The summed E-state index contributed by atoms with van der Waals surface area (Å²) in [6.07, 6.45) is 2.14. The summed E-state index contributed by atoms with van der Waals surface area (Å²) in [5, 5.41) is 6.12. The Balaban J connectivity index is 0.00000133. The fourth-order valence-corrected chi connectivity index (χ4v) is 2.40. The summed E-state index contributed by atoms with van der Waals surface area (Å²) >= 11 is 0. The van der Waals surface area contributed by atoms with E-state index in [9.17, 15) is 9.18 Å². The number of hydrogen-bond acceptors (Lipinski definition) is 2. The number of nitrogens with one attached hydrogen (secondary N) is 2. The van der Waals surface area contributed by atoms with Crippen LogP contribution in [0.3, 0.4) is 0 Å². The second-order valence-electron chi connectivity index (χ2n) is 5.36. The quantitative estimate of drug-likeness (QED) is 0.882. The molecule has 1 aliphatic heterocycles. The molecule has 2 aliphatic rings. The van der Waals surface area contributed by atoms with Gasteiger partial charge in [0.1, 0.15) is 5.82 Å². The van der Waals surface area contributed by atoms with Gasteiger partial charge in [-0.05, 0) is 30.5 Å². The molecule has 0 bridgehead atoms. The largest absolute Gasteiger partial charge is 0.355 e. The molecule has 104 valence electrons. The highest BCUT2D eigenvalue weighted by molar-refractivity contribution is 5.85. The van der Waals surface area contributed by atoms with Crippen molar-refractivity contribution >= 4 is 18.3 Å². The molecule has 1 saturated heterocycles. The maximum absolute atomic E-state index is 12.9. The Morgan fingerprint density at radius 1 is 1.32 bits per heavy atom. The highest BCUT2D eigenvalue weighted by Gasteiger charge is 2.44. The average Bonchev–Trinajstić information content (AvgIpc) is 3.06. The van der Waals surface area contributed by atoms with E-state index in [2.05, 4.69) is 10.6 Å². The Morgan fingerprint density at radius 3 is 2.42 bits per heavy atom. The van der Waals surface area contributed by atoms with E-state index < -0.39 is 0 Å². The van der Waals surface area contributed by atoms with Crippen LogP contribution >= 0.6 is 12.4 Å².